The van der Waals surface area contributed by atoms with Gasteiger partial charge in [0.25, 0.3) is 0 Å². The second-order valence-corrected chi connectivity index (χ2v) is 8.92. The summed E-state index contributed by atoms with van der Waals surface area (Å²) in [5, 5.41) is 0. The van der Waals surface area contributed by atoms with Gasteiger partial charge in [0, 0.05) is 14.2 Å². The van der Waals surface area contributed by atoms with E-state index in [1.165, 1.54) is 102 Å². The summed E-state index contributed by atoms with van der Waals surface area (Å²) in [7, 11) is 3.66. The van der Waals surface area contributed by atoms with Crippen molar-refractivity contribution in [3.63, 3.8) is 0 Å². The zero-order valence-electron chi connectivity index (χ0n) is 21.7. The molecule has 0 aliphatic carbocycles. The van der Waals surface area contributed by atoms with Crippen LogP contribution in [0.15, 0.2) is 0 Å². The van der Waals surface area contributed by atoms with Crippen LogP contribution < -0.4 is 0 Å². The second kappa shape index (κ2) is 21.1. The molecule has 0 rings (SSSR count). The van der Waals surface area contributed by atoms with E-state index in [0.717, 1.165) is 17.9 Å². The summed E-state index contributed by atoms with van der Waals surface area (Å²) in [6, 6.07) is 0. The summed E-state index contributed by atoms with van der Waals surface area (Å²) in [6.45, 7) is 23.1. The Kier molecular flexibility index (Phi) is 22.6. The molecule has 0 aliphatic rings. The van der Waals surface area contributed by atoms with Crippen molar-refractivity contribution in [2.45, 2.75) is 99.3 Å². The molecule has 0 saturated heterocycles. The maximum Gasteiger partial charge on any atom is 0.182 e. The summed E-state index contributed by atoms with van der Waals surface area (Å²) >= 11 is 0. The minimum absolute atomic E-state index is 0.884. The highest BCUT2D eigenvalue weighted by Crippen LogP contribution is 2.14. The highest BCUT2D eigenvalue weighted by Gasteiger charge is 2.25. The topological polar surface area (TPSA) is 18.5 Å². The van der Waals surface area contributed by atoms with E-state index in [9.17, 15) is 0 Å². The highest BCUT2D eigenvalue weighted by molar-refractivity contribution is 4.45. The van der Waals surface area contributed by atoms with Crippen LogP contribution in [0.5, 0.6) is 0 Å². The van der Waals surface area contributed by atoms with Crippen LogP contribution in [0.1, 0.15) is 99.3 Å². The lowest BCUT2D eigenvalue weighted by Crippen LogP contribution is -2.51. The number of unbranched alkanes of at least 4 members (excludes halogenated alkanes) is 3. The average Bonchev–Trinajstić information content (AvgIpc) is 2.70. The van der Waals surface area contributed by atoms with Gasteiger partial charge in [-0.3, -0.25) is 0 Å². The molecule has 0 bridgehead atoms. The van der Waals surface area contributed by atoms with Gasteiger partial charge >= 0.3 is 0 Å². The number of nitrogens with zero attached hydrogens (tertiary/aromatic N) is 2. The van der Waals surface area contributed by atoms with E-state index >= 15 is 0 Å². The predicted molar refractivity (Wildman–Crippen MR) is 129 cm³/mol. The summed E-state index contributed by atoms with van der Waals surface area (Å²) < 4.78 is 13.1. The Labute approximate surface area is 185 Å². The molecule has 0 aromatic heterocycles. The Balaban J connectivity index is 0. The van der Waals surface area contributed by atoms with Gasteiger partial charge in [0.2, 0.25) is 0 Å². The Bertz CT molecular complexity index is 273. The van der Waals surface area contributed by atoms with Crippen molar-refractivity contribution < 1.29 is 18.4 Å². The monoisotopic (exact) mass is 418 g/mol. The van der Waals surface area contributed by atoms with Gasteiger partial charge < -0.3 is 18.4 Å². The lowest BCUT2D eigenvalue weighted by atomic mass is 10.2. The first-order chi connectivity index (χ1) is 14.0. The van der Waals surface area contributed by atoms with Crippen molar-refractivity contribution >= 4 is 0 Å². The summed E-state index contributed by atoms with van der Waals surface area (Å²) in [5.74, 6) is 0. The molecule has 4 heteroatoms. The van der Waals surface area contributed by atoms with Crippen LogP contribution >= 0.6 is 0 Å². The van der Waals surface area contributed by atoms with E-state index in [2.05, 4.69) is 41.5 Å². The van der Waals surface area contributed by atoms with E-state index in [-0.39, 0.29) is 0 Å². The van der Waals surface area contributed by atoms with E-state index in [4.69, 9.17) is 9.47 Å². The molecule has 0 aromatic carbocycles. The van der Waals surface area contributed by atoms with Crippen molar-refractivity contribution in [2.24, 2.45) is 0 Å². The van der Waals surface area contributed by atoms with Gasteiger partial charge in [0.15, 0.2) is 13.5 Å². The molecule has 0 aliphatic heterocycles. The van der Waals surface area contributed by atoms with Gasteiger partial charge in [0.1, 0.15) is 0 Å². The zero-order valence-corrected chi connectivity index (χ0v) is 21.7. The lowest BCUT2D eigenvalue weighted by Gasteiger charge is -2.38. The van der Waals surface area contributed by atoms with Crippen molar-refractivity contribution in [3.05, 3.63) is 0 Å². The first kappa shape index (κ1) is 31.0. The van der Waals surface area contributed by atoms with E-state index in [1.807, 2.05) is 14.2 Å². The second-order valence-electron chi connectivity index (χ2n) is 8.92. The third-order valence-electron chi connectivity index (χ3n) is 5.86. The molecule has 4 nitrogen and oxygen atoms in total. The first-order valence-electron chi connectivity index (χ1n) is 12.7. The summed E-state index contributed by atoms with van der Waals surface area (Å²) in [4.78, 5) is 0. The summed E-state index contributed by atoms with van der Waals surface area (Å²) in [5.41, 5.74) is 0. The van der Waals surface area contributed by atoms with Gasteiger partial charge in [0.05, 0.1) is 39.3 Å². The lowest BCUT2D eigenvalue weighted by molar-refractivity contribution is -0.946. The molecule has 0 heterocycles. The standard InChI is InChI=1S/C14H32NO.C11H26NO/c1-5-8-11-15(14-16-4,12-9-6-2)13-10-7-3;1-5-8-12(9-6-2,10-7-3)11-13-4/h5-14H2,1-4H3;5-11H2,1-4H3/q2*+1. The molecule has 0 radical (unpaired) electrons. The predicted octanol–water partition coefficient (Wildman–Crippen LogP) is 6.44. The number of methoxy groups -OCH3 is 2. The molecular weight excluding hydrogens is 360 g/mol. The maximum absolute atomic E-state index is 5.47. The molecule has 0 spiro atoms. The fraction of sp³-hybridized carbons (Fsp3) is 1.00. The molecule has 0 saturated carbocycles. The van der Waals surface area contributed by atoms with Crippen LogP contribution in [0.3, 0.4) is 0 Å². The molecule has 178 valence electrons. The molecule has 0 fully saturated rings. The van der Waals surface area contributed by atoms with Crippen molar-refractivity contribution in [3.8, 4) is 0 Å². The summed E-state index contributed by atoms with van der Waals surface area (Å²) in [6.07, 6.45) is 11.6. The van der Waals surface area contributed by atoms with Gasteiger partial charge in [-0.05, 0) is 38.5 Å². The van der Waals surface area contributed by atoms with Crippen LogP contribution in [0.25, 0.3) is 0 Å². The minimum atomic E-state index is 0.884. The molecular formula is C25H58N2O2+2. The molecule has 0 aromatic rings. The SMILES string of the molecule is CCCC[N+](CCCC)(CCCC)COC.CCC[N+](CCC)(CCC)COC. The van der Waals surface area contributed by atoms with Crippen LogP contribution in [-0.2, 0) is 9.47 Å². The number of rotatable bonds is 19. The fourth-order valence-electron chi connectivity index (χ4n) is 4.51. The highest BCUT2D eigenvalue weighted by atomic mass is 16.5. The van der Waals surface area contributed by atoms with Crippen molar-refractivity contribution in [1.82, 2.24) is 0 Å². The van der Waals surface area contributed by atoms with Gasteiger partial charge in [-0.15, -0.1) is 0 Å². The van der Waals surface area contributed by atoms with Crippen LogP contribution in [0.2, 0.25) is 0 Å². The quantitative estimate of drug-likeness (QED) is 0.177. The van der Waals surface area contributed by atoms with E-state index in [1.54, 1.807) is 0 Å². The fourth-order valence-corrected chi connectivity index (χ4v) is 4.51. The Morgan fingerprint density at radius 1 is 0.414 bits per heavy atom. The van der Waals surface area contributed by atoms with E-state index < -0.39 is 0 Å². The Morgan fingerprint density at radius 2 is 0.690 bits per heavy atom. The first-order valence-corrected chi connectivity index (χ1v) is 12.7. The molecule has 0 atom stereocenters. The van der Waals surface area contributed by atoms with Gasteiger partial charge in [-0.25, -0.2) is 0 Å². The number of quaternary nitrogens is 2. The number of ether oxygens (including phenoxy) is 2. The van der Waals surface area contributed by atoms with Crippen LogP contribution in [0.4, 0.5) is 0 Å². The van der Waals surface area contributed by atoms with Crippen LogP contribution in [-0.4, -0.2) is 75.9 Å². The molecule has 29 heavy (non-hydrogen) atoms. The maximum atomic E-state index is 5.47. The average molecular weight is 419 g/mol. The van der Waals surface area contributed by atoms with Gasteiger partial charge in [-0.1, -0.05) is 60.8 Å². The minimum Gasteiger partial charge on any atom is -0.335 e. The normalized spacial score (nSPS) is 12.0. The number of hydrogen-bond donors (Lipinski definition) is 0. The third-order valence-corrected chi connectivity index (χ3v) is 5.86. The molecule has 0 unspecified atom stereocenters. The Morgan fingerprint density at radius 3 is 0.897 bits per heavy atom. The third kappa shape index (κ3) is 15.3. The number of hydrogen-bond acceptors (Lipinski definition) is 2. The van der Waals surface area contributed by atoms with Crippen LogP contribution in [0, 0.1) is 0 Å². The van der Waals surface area contributed by atoms with Crippen molar-refractivity contribution in [1.29, 1.82) is 0 Å². The zero-order chi connectivity index (χ0) is 22.4. The Hall–Kier alpha value is -0.160. The van der Waals surface area contributed by atoms with Crippen molar-refractivity contribution in [2.75, 3.05) is 66.9 Å². The smallest absolute Gasteiger partial charge is 0.182 e. The largest absolute Gasteiger partial charge is 0.335 e. The molecule has 0 amide bonds. The molecule has 0 N–H and O–H groups in total. The van der Waals surface area contributed by atoms with E-state index in [0.29, 0.717) is 0 Å². The van der Waals surface area contributed by atoms with Gasteiger partial charge in [-0.2, -0.15) is 0 Å².